The summed E-state index contributed by atoms with van der Waals surface area (Å²) in [5, 5.41) is 3.50. The third-order valence-corrected chi connectivity index (χ3v) is 12.3. The van der Waals surface area contributed by atoms with Gasteiger partial charge < -0.3 is 13.8 Å². The van der Waals surface area contributed by atoms with Crippen LogP contribution in [-0.4, -0.2) is 16.3 Å². The number of rotatable bonds is 4. The van der Waals surface area contributed by atoms with E-state index in [1.165, 1.54) is 60.7 Å². The molecule has 0 spiro atoms. The van der Waals surface area contributed by atoms with Gasteiger partial charge in [-0.05, 0) is 102 Å². The molecule has 5 heterocycles. The molecule has 12 rings (SSSR count). The molecule has 57 heavy (non-hydrogen) atoms. The van der Waals surface area contributed by atoms with Crippen molar-refractivity contribution in [3.63, 3.8) is 0 Å². The Hall–Kier alpha value is -7.11. The maximum Gasteiger partial charge on any atom is 0.333 e. The lowest BCUT2D eigenvalue weighted by atomic mass is 9.45. The van der Waals surface area contributed by atoms with E-state index in [1.54, 1.807) is 0 Å². The molecule has 0 radical (unpaired) electrons. The third-order valence-electron chi connectivity index (χ3n) is 12.3. The lowest BCUT2D eigenvalue weighted by molar-refractivity contribution is 0.633. The van der Waals surface area contributed by atoms with Crippen LogP contribution in [0.3, 0.4) is 0 Å². The molecule has 0 saturated heterocycles. The largest absolute Gasteiger partial charge is 0.455 e. The summed E-state index contributed by atoms with van der Waals surface area (Å²) in [6, 6.07) is 57.2. The first kappa shape index (κ1) is 32.2. The Labute approximate surface area is 331 Å². The molecule has 4 nitrogen and oxygen atoms in total. The van der Waals surface area contributed by atoms with Crippen LogP contribution in [-0.2, 0) is 0 Å². The average molecular weight is 730 g/mol. The van der Waals surface area contributed by atoms with Crippen LogP contribution in [0.25, 0.3) is 77.6 Å². The highest BCUT2D eigenvalue weighted by Crippen LogP contribution is 2.51. The molecule has 0 bridgehead atoms. The fourth-order valence-electron chi connectivity index (χ4n) is 10.2. The van der Waals surface area contributed by atoms with Crippen molar-refractivity contribution in [3.8, 4) is 44.8 Å². The van der Waals surface area contributed by atoms with Crippen molar-refractivity contribution in [2.75, 3.05) is 4.90 Å². The normalized spacial score (nSPS) is 12.8. The zero-order valence-corrected chi connectivity index (χ0v) is 31.9. The smallest absolute Gasteiger partial charge is 0.333 e. The maximum absolute atomic E-state index is 7.30. The quantitative estimate of drug-likeness (QED) is 0.169. The Morgan fingerprint density at radius 2 is 1.23 bits per heavy atom. The lowest BCUT2D eigenvalue weighted by Crippen LogP contribution is -2.56. The Kier molecular flexibility index (Phi) is 6.74. The van der Waals surface area contributed by atoms with Crippen LogP contribution in [0.15, 0.2) is 168 Å². The van der Waals surface area contributed by atoms with Crippen molar-refractivity contribution < 1.29 is 4.42 Å². The van der Waals surface area contributed by atoms with Crippen molar-refractivity contribution >= 4 is 67.6 Å². The first-order valence-corrected chi connectivity index (χ1v) is 19.7. The van der Waals surface area contributed by atoms with E-state index in [-0.39, 0.29) is 6.85 Å². The van der Waals surface area contributed by atoms with E-state index < -0.39 is 0 Å². The van der Waals surface area contributed by atoms with Crippen LogP contribution < -0.4 is 15.8 Å². The van der Waals surface area contributed by atoms with E-state index in [2.05, 4.69) is 188 Å². The number of furan rings is 1. The molecule has 0 N–H and O–H groups in total. The van der Waals surface area contributed by atoms with Crippen molar-refractivity contribution in [1.82, 2.24) is 9.46 Å². The Balaban J connectivity index is 1.26. The Morgan fingerprint density at radius 3 is 1.98 bits per heavy atom. The van der Waals surface area contributed by atoms with Crippen LogP contribution in [0.5, 0.6) is 0 Å². The van der Waals surface area contributed by atoms with Crippen molar-refractivity contribution in [3.05, 3.63) is 181 Å². The number of para-hydroxylation sites is 2. The predicted molar refractivity (Wildman–Crippen MR) is 238 cm³/mol. The van der Waals surface area contributed by atoms with Crippen LogP contribution in [0.1, 0.15) is 16.7 Å². The molecule has 0 unspecified atom stereocenters. The van der Waals surface area contributed by atoms with Crippen LogP contribution in [0.4, 0.5) is 17.1 Å². The van der Waals surface area contributed by atoms with Gasteiger partial charge in [0, 0.05) is 61.6 Å². The highest BCUT2D eigenvalue weighted by molar-refractivity contribution is 6.90. The molecule has 0 aliphatic carbocycles. The molecule has 2 aliphatic rings. The second kappa shape index (κ2) is 11.9. The van der Waals surface area contributed by atoms with Crippen molar-refractivity contribution in [2.24, 2.45) is 0 Å². The van der Waals surface area contributed by atoms with Gasteiger partial charge in [0.1, 0.15) is 11.3 Å². The summed E-state index contributed by atoms with van der Waals surface area (Å²) in [5.74, 6) is 0.863. The van der Waals surface area contributed by atoms with Gasteiger partial charge in [-0.25, -0.2) is 0 Å². The topological polar surface area (TPSA) is 34.2 Å². The zero-order valence-electron chi connectivity index (χ0n) is 31.9. The summed E-state index contributed by atoms with van der Waals surface area (Å²) >= 11 is 0. The molecule has 10 aromatic rings. The average Bonchev–Trinajstić information content (AvgIpc) is 3.79. The van der Waals surface area contributed by atoms with E-state index in [0.717, 1.165) is 61.6 Å². The number of hydrogen-bond donors (Lipinski definition) is 0. The van der Waals surface area contributed by atoms with Crippen LogP contribution in [0.2, 0.25) is 0 Å². The number of pyridine rings is 1. The van der Waals surface area contributed by atoms with Gasteiger partial charge in [-0.15, -0.1) is 0 Å². The van der Waals surface area contributed by atoms with Gasteiger partial charge in [0.05, 0.1) is 11.2 Å². The summed E-state index contributed by atoms with van der Waals surface area (Å²) in [6.45, 7) is 6.53. The second-order valence-corrected chi connectivity index (χ2v) is 15.7. The predicted octanol–water partition coefficient (Wildman–Crippen LogP) is 12.3. The minimum atomic E-state index is -0.119. The van der Waals surface area contributed by atoms with Crippen molar-refractivity contribution in [1.29, 1.82) is 0 Å². The van der Waals surface area contributed by atoms with E-state index >= 15 is 0 Å². The SMILES string of the molecule is Cc1cc(C)c(-c2ccc3c(c2)c2ccnc4c2n3B2c3ccccc3N(c3ccccc3)c3cc5c(-c6ccccc6)c(-c6ccccc6)oc5c-4c32)c(C)c1. The third kappa shape index (κ3) is 4.48. The molecule has 0 saturated carbocycles. The highest BCUT2D eigenvalue weighted by Gasteiger charge is 2.45. The monoisotopic (exact) mass is 729 g/mol. The zero-order chi connectivity index (χ0) is 37.9. The standard InChI is InChI=1S/C52H36BN3O/c1-31-27-32(2)45(33(3)28-31)36-23-24-42-39(29-36)38-25-26-54-49-47-48-44(30-40-46(34-15-7-4-8-16-34)51(57-52(40)47)35-17-9-5-10-18-35)55(37-19-11-6-12-20-37)43-22-14-13-21-41(43)53(48)56(42)50(38)49/h4-30H,1-3H3. The van der Waals surface area contributed by atoms with Crippen molar-refractivity contribution in [2.45, 2.75) is 20.8 Å². The van der Waals surface area contributed by atoms with Gasteiger partial charge >= 0.3 is 6.85 Å². The second-order valence-electron chi connectivity index (χ2n) is 15.7. The molecule has 3 aromatic heterocycles. The molecular formula is C52H36BN3O. The van der Waals surface area contributed by atoms with E-state index in [0.29, 0.717) is 0 Å². The Morgan fingerprint density at radius 1 is 0.544 bits per heavy atom. The van der Waals surface area contributed by atoms with Crippen LogP contribution in [0, 0.1) is 20.8 Å². The van der Waals surface area contributed by atoms with Gasteiger partial charge in [0.15, 0.2) is 0 Å². The van der Waals surface area contributed by atoms with Gasteiger partial charge in [0.2, 0.25) is 0 Å². The van der Waals surface area contributed by atoms with E-state index in [4.69, 9.17) is 9.40 Å². The number of nitrogens with zero attached hydrogens (tertiary/aromatic N) is 3. The summed E-state index contributed by atoms with van der Waals surface area (Å²) < 4.78 is 9.88. The molecule has 0 fully saturated rings. The molecule has 5 heteroatoms. The maximum atomic E-state index is 7.30. The minimum absolute atomic E-state index is 0.119. The first-order chi connectivity index (χ1) is 28.0. The number of aryl methyl sites for hydroxylation is 3. The number of benzene rings is 7. The lowest BCUT2D eigenvalue weighted by Gasteiger charge is -2.40. The summed E-state index contributed by atoms with van der Waals surface area (Å²) in [4.78, 5) is 7.77. The number of aromatic nitrogens is 2. The number of hydrogen-bond acceptors (Lipinski definition) is 3. The first-order valence-electron chi connectivity index (χ1n) is 19.7. The minimum Gasteiger partial charge on any atom is -0.455 e. The van der Waals surface area contributed by atoms with Gasteiger partial charge in [0.25, 0.3) is 0 Å². The van der Waals surface area contributed by atoms with E-state index in [1.807, 2.05) is 6.20 Å². The fourth-order valence-corrected chi connectivity index (χ4v) is 10.2. The van der Waals surface area contributed by atoms with Gasteiger partial charge in [-0.2, -0.15) is 0 Å². The summed E-state index contributed by atoms with van der Waals surface area (Å²) in [7, 11) is 0. The molecule has 0 atom stereocenters. The summed E-state index contributed by atoms with van der Waals surface area (Å²) in [5.41, 5.74) is 20.8. The molecular weight excluding hydrogens is 693 g/mol. The number of anilines is 3. The van der Waals surface area contributed by atoms with Crippen LogP contribution >= 0.6 is 0 Å². The Bertz CT molecular complexity index is 3250. The van der Waals surface area contributed by atoms with E-state index in [9.17, 15) is 0 Å². The molecule has 7 aromatic carbocycles. The molecule has 2 aliphatic heterocycles. The number of fused-ring (bicyclic) bond motifs is 9. The fraction of sp³-hybridized carbons (Fsp3) is 0.0577. The molecule has 0 amide bonds. The van der Waals surface area contributed by atoms with Gasteiger partial charge in [-0.3, -0.25) is 4.98 Å². The van der Waals surface area contributed by atoms with Gasteiger partial charge in [-0.1, -0.05) is 121 Å². The highest BCUT2D eigenvalue weighted by atomic mass is 16.3. The summed E-state index contributed by atoms with van der Waals surface area (Å²) in [6.07, 6.45) is 1.99. The molecule has 268 valence electrons.